The highest BCUT2D eigenvalue weighted by Gasteiger charge is 2.21. The summed E-state index contributed by atoms with van der Waals surface area (Å²) in [5.41, 5.74) is 3.04. The van der Waals surface area contributed by atoms with Crippen LogP contribution in [-0.2, 0) is 6.54 Å². The van der Waals surface area contributed by atoms with Crippen LogP contribution >= 0.6 is 0 Å². The van der Waals surface area contributed by atoms with Gasteiger partial charge in [0.05, 0.1) is 18.3 Å². The molecule has 0 bridgehead atoms. The van der Waals surface area contributed by atoms with Gasteiger partial charge in [-0.2, -0.15) is 5.10 Å². The van der Waals surface area contributed by atoms with Crippen LogP contribution in [-0.4, -0.2) is 34.8 Å². The SMILES string of the molecule is O=C(NC1CCN(c2ccccc2)CC1)c1cnn(Cc2ccccc2)c1. The fraction of sp³-hybridized carbons (Fsp3) is 0.273. The summed E-state index contributed by atoms with van der Waals surface area (Å²) in [6.45, 7) is 2.59. The molecule has 4 rings (SSSR count). The Balaban J connectivity index is 1.30. The number of hydrogen-bond acceptors (Lipinski definition) is 3. The van der Waals surface area contributed by atoms with Crippen LogP contribution in [0.1, 0.15) is 28.8 Å². The van der Waals surface area contributed by atoms with Crippen molar-refractivity contribution in [2.24, 2.45) is 0 Å². The van der Waals surface area contributed by atoms with Crippen molar-refractivity contribution in [3.8, 4) is 0 Å². The molecule has 1 fully saturated rings. The monoisotopic (exact) mass is 360 g/mol. The van der Waals surface area contributed by atoms with Gasteiger partial charge >= 0.3 is 0 Å². The van der Waals surface area contributed by atoms with Crippen molar-refractivity contribution >= 4 is 11.6 Å². The third kappa shape index (κ3) is 4.37. The van der Waals surface area contributed by atoms with Crippen LogP contribution in [0.2, 0.25) is 0 Å². The average Bonchev–Trinajstić information content (AvgIpc) is 3.19. The Morgan fingerprint density at radius 1 is 1.00 bits per heavy atom. The van der Waals surface area contributed by atoms with Gasteiger partial charge in [0.15, 0.2) is 0 Å². The average molecular weight is 360 g/mol. The maximum Gasteiger partial charge on any atom is 0.254 e. The summed E-state index contributed by atoms with van der Waals surface area (Å²) in [5.74, 6) is -0.0347. The minimum atomic E-state index is -0.0347. The van der Waals surface area contributed by atoms with Gasteiger partial charge in [0.25, 0.3) is 5.91 Å². The molecule has 1 N–H and O–H groups in total. The van der Waals surface area contributed by atoms with Crippen LogP contribution in [0.25, 0.3) is 0 Å². The standard InChI is InChI=1S/C22H24N4O/c27-22(19-15-23-26(17-19)16-18-7-3-1-4-8-18)24-20-11-13-25(14-12-20)21-9-5-2-6-10-21/h1-10,15,17,20H,11-14,16H2,(H,24,27). The predicted octanol–water partition coefficient (Wildman–Crippen LogP) is 3.33. The number of nitrogens with zero attached hydrogens (tertiary/aromatic N) is 3. The summed E-state index contributed by atoms with van der Waals surface area (Å²) >= 11 is 0. The summed E-state index contributed by atoms with van der Waals surface area (Å²) in [7, 11) is 0. The number of para-hydroxylation sites is 1. The molecule has 1 aliphatic rings. The molecule has 0 unspecified atom stereocenters. The highest BCUT2D eigenvalue weighted by molar-refractivity contribution is 5.93. The quantitative estimate of drug-likeness (QED) is 0.759. The van der Waals surface area contributed by atoms with E-state index in [1.165, 1.54) is 11.3 Å². The third-order valence-corrected chi connectivity index (χ3v) is 5.03. The highest BCUT2D eigenvalue weighted by Crippen LogP contribution is 2.19. The number of hydrogen-bond donors (Lipinski definition) is 1. The fourth-order valence-electron chi connectivity index (χ4n) is 3.53. The zero-order valence-electron chi connectivity index (χ0n) is 15.3. The Morgan fingerprint density at radius 3 is 2.37 bits per heavy atom. The zero-order valence-corrected chi connectivity index (χ0v) is 15.3. The van der Waals surface area contributed by atoms with Gasteiger partial charge in [0, 0.05) is 31.0 Å². The molecule has 5 heteroatoms. The molecule has 0 spiro atoms. The normalized spacial score (nSPS) is 14.9. The van der Waals surface area contributed by atoms with E-state index in [4.69, 9.17) is 0 Å². The number of carbonyl (C=O) groups is 1. The van der Waals surface area contributed by atoms with Crippen LogP contribution < -0.4 is 10.2 Å². The number of rotatable bonds is 5. The van der Waals surface area contributed by atoms with Gasteiger partial charge in [-0.1, -0.05) is 48.5 Å². The van der Waals surface area contributed by atoms with E-state index in [0.717, 1.165) is 25.9 Å². The van der Waals surface area contributed by atoms with E-state index in [0.29, 0.717) is 12.1 Å². The van der Waals surface area contributed by atoms with E-state index in [1.807, 2.05) is 35.1 Å². The number of piperidine rings is 1. The first kappa shape index (κ1) is 17.3. The van der Waals surface area contributed by atoms with Gasteiger partial charge in [-0.3, -0.25) is 9.48 Å². The smallest absolute Gasteiger partial charge is 0.254 e. The van der Waals surface area contributed by atoms with E-state index in [1.54, 1.807) is 6.20 Å². The third-order valence-electron chi connectivity index (χ3n) is 5.03. The Hall–Kier alpha value is -3.08. The largest absolute Gasteiger partial charge is 0.371 e. The molecular weight excluding hydrogens is 336 g/mol. The molecule has 2 aromatic carbocycles. The molecule has 3 aromatic rings. The van der Waals surface area contributed by atoms with Gasteiger partial charge in [0.2, 0.25) is 0 Å². The van der Waals surface area contributed by atoms with E-state index >= 15 is 0 Å². The van der Waals surface area contributed by atoms with E-state index in [-0.39, 0.29) is 11.9 Å². The number of carbonyl (C=O) groups excluding carboxylic acids is 1. The first-order chi connectivity index (χ1) is 13.3. The second kappa shape index (κ2) is 8.08. The molecular formula is C22H24N4O. The maximum atomic E-state index is 12.6. The van der Waals surface area contributed by atoms with E-state index in [2.05, 4.69) is 51.7 Å². The van der Waals surface area contributed by atoms with Crippen molar-refractivity contribution in [3.05, 3.63) is 84.2 Å². The van der Waals surface area contributed by atoms with Crippen molar-refractivity contribution in [2.75, 3.05) is 18.0 Å². The van der Waals surface area contributed by atoms with Gasteiger partial charge < -0.3 is 10.2 Å². The molecule has 0 aliphatic carbocycles. The molecule has 5 nitrogen and oxygen atoms in total. The number of nitrogens with one attached hydrogen (secondary N) is 1. The number of amides is 1. The van der Waals surface area contributed by atoms with Crippen LogP contribution in [0.4, 0.5) is 5.69 Å². The van der Waals surface area contributed by atoms with Crippen LogP contribution in [0.15, 0.2) is 73.1 Å². The van der Waals surface area contributed by atoms with Gasteiger partial charge in [-0.25, -0.2) is 0 Å². The molecule has 2 heterocycles. The molecule has 1 aliphatic heterocycles. The summed E-state index contributed by atoms with van der Waals surface area (Å²) < 4.78 is 1.81. The Bertz CT molecular complexity index is 868. The summed E-state index contributed by atoms with van der Waals surface area (Å²) in [6, 6.07) is 20.8. The highest BCUT2D eigenvalue weighted by atomic mass is 16.1. The fourth-order valence-corrected chi connectivity index (χ4v) is 3.53. The first-order valence-electron chi connectivity index (χ1n) is 9.45. The van der Waals surface area contributed by atoms with Crippen LogP contribution in [0.3, 0.4) is 0 Å². The molecule has 0 radical (unpaired) electrons. The predicted molar refractivity (Wildman–Crippen MR) is 107 cm³/mol. The zero-order chi connectivity index (χ0) is 18.5. The Kier molecular flexibility index (Phi) is 5.19. The molecule has 1 amide bonds. The van der Waals surface area contributed by atoms with Gasteiger partial charge in [0.1, 0.15) is 0 Å². The molecule has 1 aromatic heterocycles. The minimum Gasteiger partial charge on any atom is -0.371 e. The Labute approximate surface area is 159 Å². The number of benzene rings is 2. The van der Waals surface area contributed by atoms with Crippen LogP contribution in [0.5, 0.6) is 0 Å². The summed E-state index contributed by atoms with van der Waals surface area (Å²) in [6.07, 6.45) is 5.39. The van der Waals surface area contributed by atoms with E-state index in [9.17, 15) is 4.79 Å². The lowest BCUT2D eigenvalue weighted by atomic mass is 10.0. The van der Waals surface area contributed by atoms with Crippen molar-refractivity contribution in [1.29, 1.82) is 0 Å². The Morgan fingerprint density at radius 2 is 1.67 bits per heavy atom. The number of aromatic nitrogens is 2. The second-order valence-electron chi connectivity index (χ2n) is 6.98. The molecule has 1 saturated heterocycles. The molecule has 0 atom stereocenters. The first-order valence-corrected chi connectivity index (χ1v) is 9.45. The van der Waals surface area contributed by atoms with Crippen molar-refractivity contribution in [3.63, 3.8) is 0 Å². The lowest BCUT2D eigenvalue weighted by Gasteiger charge is -2.33. The molecule has 138 valence electrons. The lowest BCUT2D eigenvalue weighted by molar-refractivity contribution is 0.0931. The topological polar surface area (TPSA) is 50.2 Å². The van der Waals surface area contributed by atoms with Gasteiger partial charge in [-0.05, 0) is 30.5 Å². The molecule has 27 heavy (non-hydrogen) atoms. The van der Waals surface area contributed by atoms with Gasteiger partial charge in [-0.15, -0.1) is 0 Å². The second-order valence-corrected chi connectivity index (χ2v) is 6.98. The minimum absolute atomic E-state index is 0.0347. The van der Waals surface area contributed by atoms with Crippen molar-refractivity contribution in [1.82, 2.24) is 15.1 Å². The van der Waals surface area contributed by atoms with E-state index < -0.39 is 0 Å². The van der Waals surface area contributed by atoms with Crippen molar-refractivity contribution < 1.29 is 4.79 Å². The summed E-state index contributed by atoms with van der Waals surface area (Å²) in [5, 5.41) is 7.49. The summed E-state index contributed by atoms with van der Waals surface area (Å²) in [4.78, 5) is 14.9. The lowest BCUT2D eigenvalue weighted by Crippen LogP contribution is -2.44. The maximum absolute atomic E-state index is 12.6. The molecule has 0 saturated carbocycles. The van der Waals surface area contributed by atoms with Crippen molar-refractivity contribution in [2.45, 2.75) is 25.4 Å². The number of anilines is 1. The van der Waals surface area contributed by atoms with Crippen LogP contribution in [0, 0.1) is 0 Å².